The minimum Gasteiger partial charge on any atom is -0.395 e. The molecular weight excluding hydrogens is 246 g/mol. The number of aromatic nitrogens is 2. The molecule has 1 aromatic heterocycles. The summed E-state index contributed by atoms with van der Waals surface area (Å²) in [5.74, 6) is -0.114. The SMILES string of the molecule is CCc1[nH]nc(C(=O)N2CCN(CCO)CC2)c1N. The molecule has 19 heavy (non-hydrogen) atoms. The van der Waals surface area contributed by atoms with E-state index in [9.17, 15) is 4.79 Å². The van der Waals surface area contributed by atoms with E-state index in [0.29, 0.717) is 31.0 Å². The van der Waals surface area contributed by atoms with Crippen molar-refractivity contribution in [3.8, 4) is 0 Å². The van der Waals surface area contributed by atoms with Gasteiger partial charge in [0.25, 0.3) is 5.91 Å². The molecule has 0 saturated carbocycles. The third-order valence-electron chi connectivity index (χ3n) is 3.51. The molecule has 0 aliphatic carbocycles. The zero-order chi connectivity index (χ0) is 13.8. The van der Waals surface area contributed by atoms with Crippen molar-refractivity contribution in [3.63, 3.8) is 0 Å². The second kappa shape index (κ2) is 6.03. The van der Waals surface area contributed by atoms with Gasteiger partial charge in [0.15, 0.2) is 5.69 Å². The maximum atomic E-state index is 12.3. The van der Waals surface area contributed by atoms with Gasteiger partial charge in [-0.05, 0) is 6.42 Å². The fraction of sp³-hybridized carbons (Fsp3) is 0.667. The van der Waals surface area contributed by atoms with Gasteiger partial charge in [0.05, 0.1) is 18.0 Å². The van der Waals surface area contributed by atoms with E-state index in [2.05, 4.69) is 15.1 Å². The summed E-state index contributed by atoms with van der Waals surface area (Å²) in [6.45, 7) is 5.62. The Morgan fingerprint density at radius 3 is 2.63 bits per heavy atom. The number of nitrogens with two attached hydrogens (primary N) is 1. The van der Waals surface area contributed by atoms with E-state index < -0.39 is 0 Å². The Hall–Kier alpha value is -1.60. The lowest BCUT2D eigenvalue weighted by molar-refractivity contribution is 0.0610. The quantitative estimate of drug-likeness (QED) is 0.670. The number of nitrogens with one attached hydrogen (secondary N) is 1. The summed E-state index contributed by atoms with van der Waals surface area (Å²) in [5.41, 5.74) is 7.51. The highest BCUT2D eigenvalue weighted by Gasteiger charge is 2.25. The predicted octanol–water partition coefficient (Wildman–Crippen LogP) is -0.696. The maximum Gasteiger partial charge on any atom is 0.276 e. The molecule has 7 heteroatoms. The third-order valence-corrected chi connectivity index (χ3v) is 3.51. The van der Waals surface area contributed by atoms with Crippen LogP contribution in [-0.2, 0) is 6.42 Å². The van der Waals surface area contributed by atoms with Gasteiger partial charge in [0, 0.05) is 32.7 Å². The van der Waals surface area contributed by atoms with Crippen LogP contribution in [0.3, 0.4) is 0 Å². The Balaban J connectivity index is 1.99. The Kier molecular flexibility index (Phi) is 4.39. The number of aryl methyl sites for hydroxylation is 1. The first kappa shape index (κ1) is 13.8. The summed E-state index contributed by atoms with van der Waals surface area (Å²) in [5, 5.41) is 15.7. The lowest BCUT2D eigenvalue weighted by Crippen LogP contribution is -2.49. The number of piperazine rings is 1. The van der Waals surface area contributed by atoms with Crippen LogP contribution in [0.2, 0.25) is 0 Å². The molecule has 0 radical (unpaired) electrons. The molecule has 1 saturated heterocycles. The molecule has 4 N–H and O–H groups in total. The lowest BCUT2D eigenvalue weighted by atomic mass is 10.2. The zero-order valence-corrected chi connectivity index (χ0v) is 11.2. The van der Waals surface area contributed by atoms with Crippen molar-refractivity contribution in [2.75, 3.05) is 45.1 Å². The van der Waals surface area contributed by atoms with Gasteiger partial charge >= 0.3 is 0 Å². The van der Waals surface area contributed by atoms with Crippen molar-refractivity contribution in [3.05, 3.63) is 11.4 Å². The predicted molar refractivity (Wildman–Crippen MR) is 71.8 cm³/mol. The van der Waals surface area contributed by atoms with Crippen LogP contribution in [0.5, 0.6) is 0 Å². The summed E-state index contributed by atoms with van der Waals surface area (Å²) in [4.78, 5) is 16.2. The highest BCUT2D eigenvalue weighted by atomic mass is 16.3. The number of hydrogen-bond acceptors (Lipinski definition) is 5. The molecule has 1 fully saturated rings. The van der Waals surface area contributed by atoms with Gasteiger partial charge in [-0.15, -0.1) is 0 Å². The average molecular weight is 267 g/mol. The second-order valence-electron chi connectivity index (χ2n) is 4.68. The number of carbonyl (C=O) groups is 1. The first-order valence-electron chi connectivity index (χ1n) is 6.62. The van der Waals surface area contributed by atoms with Crippen LogP contribution in [-0.4, -0.2) is 70.3 Å². The number of aliphatic hydroxyl groups is 1. The van der Waals surface area contributed by atoms with Crippen molar-refractivity contribution in [1.29, 1.82) is 0 Å². The fourth-order valence-corrected chi connectivity index (χ4v) is 2.29. The number of amides is 1. The topological polar surface area (TPSA) is 98.5 Å². The van der Waals surface area contributed by atoms with E-state index >= 15 is 0 Å². The van der Waals surface area contributed by atoms with Crippen LogP contribution in [0.4, 0.5) is 5.69 Å². The summed E-state index contributed by atoms with van der Waals surface area (Å²) >= 11 is 0. The Morgan fingerprint density at radius 2 is 2.11 bits per heavy atom. The van der Waals surface area contributed by atoms with Gasteiger partial charge in [-0.2, -0.15) is 5.10 Å². The highest BCUT2D eigenvalue weighted by molar-refractivity contribution is 5.97. The van der Waals surface area contributed by atoms with Gasteiger partial charge in [0.2, 0.25) is 0 Å². The van der Waals surface area contributed by atoms with E-state index in [0.717, 1.165) is 25.2 Å². The molecule has 7 nitrogen and oxygen atoms in total. The summed E-state index contributed by atoms with van der Waals surface area (Å²) in [7, 11) is 0. The van der Waals surface area contributed by atoms with Crippen LogP contribution in [0.25, 0.3) is 0 Å². The minimum atomic E-state index is -0.114. The molecular formula is C12H21N5O2. The second-order valence-corrected chi connectivity index (χ2v) is 4.68. The lowest BCUT2D eigenvalue weighted by Gasteiger charge is -2.34. The molecule has 0 unspecified atom stereocenters. The Labute approximate surface area is 112 Å². The van der Waals surface area contributed by atoms with E-state index in [1.165, 1.54) is 0 Å². The normalized spacial score (nSPS) is 16.8. The Bertz CT molecular complexity index is 437. The first-order valence-corrected chi connectivity index (χ1v) is 6.62. The van der Waals surface area contributed by atoms with Crippen LogP contribution in [0.15, 0.2) is 0 Å². The van der Waals surface area contributed by atoms with Crippen LogP contribution in [0.1, 0.15) is 23.1 Å². The number of anilines is 1. The molecule has 1 aliphatic rings. The molecule has 0 spiro atoms. The van der Waals surface area contributed by atoms with E-state index in [-0.39, 0.29) is 12.5 Å². The van der Waals surface area contributed by atoms with E-state index in [4.69, 9.17) is 10.8 Å². The minimum absolute atomic E-state index is 0.114. The summed E-state index contributed by atoms with van der Waals surface area (Å²) in [6, 6.07) is 0. The number of aliphatic hydroxyl groups excluding tert-OH is 1. The van der Waals surface area contributed by atoms with E-state index in [1.54, 1.807) is 4.90 Å². The van der Waals surface area contributed by atoms with Crippen LogP contribution in [0, 0.1) is 0 Å². The van der Waals surface area contributed by atoms with Gasteiger partial charge in [0.1, 0.15) is 0 Å². The van der Waals surface area contributed by atoms with Gasteiger partial charge < -0.3 is 15.7 Å². The van der Waals surface area contributed by atoms with Crippen molar-refractivity contribution in [2.45, 2.75) is 13.3 Å². The van der Waals surface area contributed by atoms with Crippen LogP contribution >= 0.6 is 0 Å². The van der Waals surface area contributed by atoms with Gasteiger partial charge in [-0.25, -0.2) is 0 Å². The number of hydrogen-bond donors (Lipinski definition) is 3. The smallest absolute Gasteiger partial charge is 0.276 e. The molecule has 0 aromatic carbocycles. The van der Waals surface area contributed by atoms with E-state index in [1.807, 2.05) is 6.92 Å². The maximum absolute atomic E-state index is 12.3. The highest BCUT2D eigenvalue weighted by Crippen LogP contribution is 2.17. The number of carbonyl (C=O) groups excluding carboxylic acids is 1. The van der Waals surface area contributed by atoms with Gasteiger partial charge in [-0.1, -0.05) is 6.92 Å². The molecule has 1 aromatic rings. The molecule has 1 aliphatic heterocycles. The molecule has 0 bridgehead atoms. The monoisotopic (exact) mass is 267 g/mol. The first-order chi connectivity index (χ1) is 9.17. The molecule has 0 atom stereocenters. The zero-order valence-electron chi connectivity index (χ0n) is 11.2. The molecule has 2 heterocycles. The number of nitrogens with zero attached hydrogens (tertiary/aromatic N) is 3. The molecule has 106 valence electrons. The van der Waals surface area contributed by atoms with Crippen molar-refractivity contribution in [1.82, 2.24) is 20.0 Å². The Morgan fingerprint density at radius 1 is 1.42 bits per heavy atom. The fourth-order valence-electron chi connectivity index (χ4n) is 2.29. The number of rotatable bonds is 4. The van der Waals surface area contributed by atoms with Crippen molar-refractivity contribution < 1.29 is 9.90 Å². The number of H-pyrrole nitrogens is 1. The van der Waals surface area contributed by atoms with Crippen molar-refractivity contribution in [2.24, 2.45) is 0 Å². The summed E-state index contributed by atoms with van der Waals surface area (Å²) in [6.07, 6.45) is 0.733. The third kappa shape index (κ3) is 2.87. The standard InChI is InChI=1S/C12H21N5O2/c1-2-9-10(13)11(15-14-9)12(19)17-5-3-16(4-6-17)7-8-18/h18H,2-8,13H2,1H3,(H,14,15). The van der Waals surface area contributed by atoms with Crippen LogP contribution < -0.4 is 5.73 Å². The molecule has 2 rings (SSSR count). The largest absolute Gasteiger partial charge is 0.395 e. The number of aromatic amines is 1. The van der Waals surface area contributed by atoms with Gasteiger partial charge in [-0.3, -0.25) is 14.8 Å². The number of nitrogen functional groups attached to an aromatic ring is 1. The average Bonchev–Trinajstić information content (AvgIpc) is 2.80. The molecule has 1 amide bonds. The van der Waals surface area contributed by atoms with Crippen molar-refractivity contribution >= 4 is 11.6 Å². The number of β-amino-alcohol motifs (C(OH)–C–C–N with tert-alkyl or cyclic N) is 1. The summed E-state index contributed by atoms with van der Waals surface area (Å²) < 4.78 is 0.